The summed E-state index contributed by atoms with van der Waals surface area (Å²) < 4.78 is 27.0. The summed E-state index contributed by atoms with van der Waals surface area (Å²) in [5, 5.41) is 0.115. The Hall–Kier alpha value is 0.190. The molecule has 1 N–H and O–H groups in total. The van der Waals surface area contributed by atoms with E-state index in [9.17, 15) is 8.42 Å². The van der Waals surface area contributed by atoms with Gasteiger partial charge in [-0.05, 0) is 31.5 Å². The van der Waals surface area contributed by atoms with Crippen molar-refractivity contribution < 1.29 is 8.42 Å². The average molecular weight is 361 g/mol. The van der Waals surface area contributed by atoms with E-state index >= 15 is 0 Å². The summed E-state index contributed by atoms with van der Waals surface area (Å²) in [6, 6.07) is 4.63. The van der Waals surface area contributed by atoms with E-state index in [2.05, 4.69) is 20.7 Å². The third-order valence-corrected chi connectivity index (χ3v) is 4.67. The van der Waals surface area contributed by atoms with Gasteiger partial charge in [-0.25, -0.2) is 13.1 Å². The molecule has 0 saturated heterocycles. The van der Waals surface area contributed by atoms with Crippen molar-refractivity contribution in [3.63, 3.8) is 0 Å². The summed E-state index contributed by atoms with van der Waals surface area (Å²) in [5.74, 6) is 0. The maximum atomic E-state index is 11.9. The van der Waals surface area contributed by atoms with E-state index in [1.54, 1.807) is 12.1 Å². The van der Waals surface area contributed by atoms with Crippen LogP contribution in [-0.2, 0) is 10.0 Å². The minimum atomic E-state index is -3.56. The minimum absolute atomic E-state index is 0.0712. The highest BCUT2D eigenvalue weighted by Crippen LogP contribution is 2.24. The highest BCUT2D eigenvalue weighted by atomic mass is 79.9. The molecule has 0 amide bonds. The Balaban J connectivity index is 2.83. The number of hydrogen-bond donors (Lipinski definition) is 1. The lowest BCUT2D eigenvalue weighted by molar-refractivity contribution is 0.579. The molecule has 96 valence electrons. The summed E-state index contributed by atoms with van der Waals surface area (Å²) in [4.78, 5) is 0.0737. The molecule has 1 atom stereocenters. The number of nitrogens with one attached hydrogen (secondary N) is 1. The molecule has 0 saturated carbocycles. The van der Waals surface area contributed by atoms with Crippen molar-refractivity contribution in [3.05, 3.63) is 27.7 Å². The molecule has 1 aromatic carbocycles. The maximum Gasteiger partial charge on any atom is 0.242 e. The van der Waals surface area contributed by atoms with Gasteiger partial charge in [0.2, 0.25) is 10.0 Å². The van der Waals surface area contributed by atoms with Gasteiger partial charge in [-0.15, -0.1) is 11.6 Å². The molecule has 0 bridgehead atoms. The van der Waals surface area contributed by atoms with Crippen LogP contribution in [0.25, 0.3) is 0 Å². The lowest BCUT2D eigenvalue weighted by atomic mass is 10.3. The fraction of sp³-hybridized carbons (Fsp3) is 0.400. The highest BCUT2D eigenvalue weighted by molar-refractivity contribution is 9.10. The molecule has 3 nitrogen and oxygen atoms in total. The molecule has 0 aliphatic rings. The van der Waals surface area contributed by atoms with Gasteiger partial charge in [-0.1, -0.05) is 27.5 Å². The van der Waals surface area contributed by atoms with Crippen LogP contribution in [0.5, 0.6) is 0 Å². The summed E-state index contributed by atoms with van der Waals surface area (Å²) >= 11 is 14.8. The average Bonchev–Trinajstić information content (AvgIpc) is 2.15. The van der Waals surface area contributed by atoms with Crippen LogP contribution in [-0.4, -0.2) is 20.3 Å². The third-order valence-electron chi connectivity index (χ3n) is 2.02. The monoisotopic (exact) mass is 359 g/mol. The van der Waals surface area contributed by atoms with Gasteiger partial charge in [0.05, 0.1) is 5.02 Å². The van der Waals surface area contributed by atoms with Crippen molar-refractivity contribution in [3.8, 4) is 0 Å². The first kappa shape index (κ1) is 15.2. The molecule has 0 heterocycles. The molecule has 0 radical (unpaired) electrons. The number of rotatable bonds is 5. The first-order valence-electron chi connectivity index (χ1n) is 4.91. The molecule has 1 aromatic rings. The maximum absolute atomic E-state index is 11.9. The van der Waals surface area contributed by atoms with Crippen LogP contribution in [0.3, 0.4) is 0 Å². The number of alkyl halides is 1. The molecular weight excluding hydrogens is 349 g/mol. The van der Waals surface area contributed by atoms with Crippen molar-refractivity contribution in [1.29, 1.82) is 0 Å². The van der Waals surface area contributed by atoms with Crippen molar-refractivity contribution in [2.24, 2.45) is 0 Å². The Morgan fingerprint density at radius 1 is 1.47 bits per heavy atom. The minimum Gasteiger partial charge on any atom is -0.211 e. The highest BCUT2D eigenvalue weighted by Gasteiger charge is 2.17. The molecule has 0 spiro atoms. The van der Waals surface area contributed by atoms with E-state index < -0.39 is 10.0 Å². The predicted octanol–water partition coefficient (Wildman–Crippen LogP) is 3.40. The SMILES string of the molecule is CC(Cl)CCNS(=O)(=O)c1ccc(Br)cc1Cl. The Bertz CT molecular complexity index is 491. The van der Waals surface area contributed by atoms with Crippen LogP contribution in [0.4, 0.5) is 0 Å². The Morgan fingerprint density at radius 2 is 2.12 bits per heavy atom. The number of benzene rings is 1. The predicted molar refractivity (Wildman–Crippen MR) is 74.3 cm³/mol. The van der Waals surface area contributed by atoms with Gasteiger partial charge in [0.1, 0.15) is 4.90 Å². The number of hydrogen-bond acceptors (Lipinski definition) is 2. The van der Waals surface area contributed by atoms with Crippen LogP contribution < -0.4 is 4.72 Å². The molecule has 0 aliphatic heterocycles. The number of halogens is 3. The summed E-state index contributed by atoms with van der Waals surface area (Å²) in [7, 11) is -3.56. The third kappa shape index (κ3) is 4.75. The Kier molecular flexibility index (Phi) is 5.73. The molecule has 1 unspecified atom stereocenters. The fourth-order valence-electron chi connectivity index (χ4n) is 1.16. The summed E-state index contributed by atoms with van der Waals surface area (Å²) in [5.41, 5.74) is 0. The molecule has 0 aliphatic carbocycles. The van der Waals surface area contributed by atoms with Gasteiger partial charge >= 0.3 is 0 Å². The normalized spacial score (nSPS) is 13.6. The van der Waals surface area contributed by atoms with E-state index in [0.717, 1.165) is 4.47 Å². The molecule has 1 rings (SSSR count). The molecule has 17 heavy (non-hydrogen) atoms. The van der Waals surface area contributed by atoms with Crippen LogP contribution in [0.15, 0.2) is 27.6 Å². The number of sulfonamides is 1. The fourth-order valence-corrected chi connectivity index (χ4v) is 3.36. The van der Waals surface area contributed by atoms with E-state index in [-0.39, 0.29) is 15.3 Å². The molecule has 0 aromatic heterocycles. The van der Waals surface area contributed by atoms with Gasteiger partial charge < -0.3 is 0 Å². The van der Waals surface area contributed by atoms with E-state index in [1.165, 1.54) is 6.07 Å². The van der Waals surface area contributed by atoms with E-state index in [1.807, 2.05) is 6.92 Å². The second-order valence-electron chi connectivity index (χ2n) is 3.54. The smallest absolute Gasteiger partial charge is 0.211 e. The van der Waals surface area contributed by atoms with Gasteiger partial charge in [-0.2, -0.15) is 0 Å². The van der Waals surface area contributed by atoms with Crippen molar-refractivity contribution >= 4 is 49.2 Å². The second-order valence-corrected chi connectivity index (χ2v) is 7.35. The topological polar surface area (TPSA) is 46.2 Å². The lowest BCUT2D eigenvalue weighted by Gasteiger charge is -2.09. The van der Waals surface area contributed by atoms with Gasteiger partial charge in [0, 0.05) is 16.4 Å². The standard InChI is InChI=1S/C10H12BrCl2NO2S/c1-7(12)4-5-14-17(15,16)10-3-2-8(11)6-9(10)13/h2-3,6-7,14H,4-5H2,1H3. The lowest BCUT2D eigenvalue weighted by Crippen LogP contribution is -2.26. The van der Waals surface area contributed by atoms with Gasteiger partial charge in [-0.3, -0.25) is 0 Å². The van der Waals surface area contributed by atoms with Crippen molar-refractivity contribution in [2.75, 3.05) is 6.54 Å². The van der Waals surface area contributed by atoms with E-state index in [0.29, 0.717) is 13.0 Å². The van der Waals surface area contributed by atoms with Crippen LogP contribution >= 0.6 is 39.1 Å². The zero-order chi connectivity index (χ0) is 13.1. The zero-order valence-electron chi connectivity index (χ0n) is 9.08. The molecular formula is C10H12BrCl2NO2S. The van der Waals surface area contributed by atoms with Crippen LogP contribution in [0.2, 0.25) is 5.02 Å². The van der Waals surface area contributed by atoms with Crippen molar-refractivity contribution in [1.82, 2.24) is 4.72 Å². The Morgan fingerprint density at radius 3 is 2.65 bits per heavy atom. The van der Waals surface area contributed by atoms with Crippen LogP contribution in [0.1, 0.15) is 13.3 Å². The molecule has 0 fully saturated rings. The van der Waals surface area contributed by atoms with Crippen molar-refractivity contribution in [2.45, 2.75) is 23.6 Å². The largest absolute Gasteiger partial charge is 0.242 e. The first-order valence-corrected chi connectivity index (χ1v) is 8.01. The van der Waals surface area contributed by atoms with E-state index in [4.69, 9.17) is 23.2 Å². The summed E-state index contributed by atoms with van der Waals surface area (Å²) in [6.07, 6.45) is 0.564. The summed E-state index contributed by atoms with van der Waals surface area (Å²) in [6.45, 7) is 2.10. The zero-order valence-corrected chi connectivity index (χ0v) is 13.0. The molecule has 7 heteroatoms. The van der Waals surface area contributed by atoms with Gasteiger partial charge in [0.15, 0.2) is 0 Å². The second kappa shape index (κ2) is 6.38. The van der Waals surface area contributed by atoms with Gasteiger partial charge in [0.25, 0.3) is 0 Å². The Labute approximate surface area is 120 Å². The first-order chi connectivity index (χ1) is 7.83. The quantitative estimate of drug-likeness (QED) is 0.818. The van der Waals surface area contributed by atoms with Crippen LogP contribution in [0, 0.1) is 0 Å².